The van der Waals surface area contributed by atoms with Crippen molar-refractivity contribution < 1.29 is 9.90 Å². The van der Waals surface area contributed by atoms with E-state index < -0.39 is 0 Å². The van der Waals surface area contributed by atoms with Crippen molar-refractivity contribution in [3.63, 3.8) is 0 Å². The third-order valence-electron chi connectivity index (χ3n) is 2.27. The highest BCUT2D eigenvalue weighted by Gasteiger charge is 2.17. The van der Waals surface area contributed by atoms with Crippen molar-refractivity contribution in [2.75, 3.05) is 12.9 Å². The quantitative estimate of drug-likeness (QED) is 0.682. The van der Waals surface area contributed by atoms with Crippen LogP contribution in [0.5, 0.6) is 0 Å². The lowest BCUT2D eigenvalue weighted by Gasteiger charge is -2.21. The highest BCUT2D eigenvalue weighted by Crippen LogP contribution is 2.10. The molecule has 0 heterocycles. The van der Waals surface area contributed by atoms with Crippen molar-refractivity contribution in [2.45, 2.75) is 38.5 Å². The van der Waals surface area contributed by atoms with Crippen LogP contribution in [0.25, 0.3) is 0 Å². The zero-order valence-electron chi connectivity index (χ0n) is 9.91. The van der Waals surface area contributed by atoms with E-state index >= 15 is 0 Å². The van der Waals surface area contributed by atoms with Crippen LogP contribution < -0.4 is 5.32 Å². The number of carbonyl (C=O) groups is 1. The third-order valence-corrected chi connectivity index (χ3v) is 3.43. The molecule has 0 aromatic heterocycles. The zero-order valence-corrected chi connectivity index (χ0v) is 10.7. The Balaban J connectivity index is 4.22. The molecule has 0 aliphatic heterocycles. The number of nitrogens with one attached hydrogen (secondary N) is 1. The van der Waals surface area contributed by atoms with Gasteiger partial charge in [0.1, 0.15) is 0 Å². The van der Waals surface area contributed by atoms with Crippen LogP contribution in [0.4, 0.5) is 0 Å². The van der Waals surface area contributed by atoms with Crippen molar-refractivity contribution in [3.05, 3.63) is 11.6 Å². The fraction of sp³-hybridized carbons (Fsp3) is 0.727. The van der Waals surface area contributed by atoms with E-state index in [0.717, 1.165) is 12.0 Å². The molecule has 0 rings (SSSR count). The van der Waals surface area contributed by atoms with Gasteiger partial charge in [0, 0.05) is 16.9 Å². The maximum absolute atomic E-state index is 11.6. The molecule has 0 aliphatic carbocycles. The van der Waals surface area contributed by atoms with Gasteiger partial charge in [-0.15, -0.1) is 0 Å². The normalized spacial score (nSPS) is 15.9. The molecule has 3 nitrogen and oxygen atoms in total. The van der Waals surface area contributed by atoms with Gasteiger partial charge >= 0.3 is 0 Å². The summed E-state index contributed by atoms with van der Waals surface area (Å²) in [5.74, 6) is -0.0446. The number of rotatable bonds is 6. The second kappa shape index (κ2) is 7.77. The second-order valence-electron chi connectivity index (χ2n) is 3.51. The summed E-state index contributed by atoms with van der Waals surface area (Å²) in [7, 11) is 0. The van der Waals surface area contributed by atoms with E-state index in [1.807, 2.05) is 26.2 Å². The van der Waals surface area contributed by atoms with Gasteiger partial charge < -0.3 is 10.4 Å². The topological polar surface area (TPSA) is 49.3 Å². The van der Waals surface area contributed by atoms with E-state index in [-0.39, 0.29) is 23.8 Å². The molecule has 15 heavy (non-hydrogen) atoms. The lowest BCUT2D eigenvalue weighted by atomic mass is 10.2. The van der Waals surface area contributed by atoms with E-state index in [1.165, 1.54) is 0 Å². The number of hydrogen-bond donors (Lipinski definition) is 2. The summed E-state index contributed by atoms with van der Waals surface area (Å²) in [5, 5.41) is 12.0. The van der Waals surface area contributed by atoms with Crippen LogP contribution in [0.1, 0.15) is 27.2 Å². The second-order valence-corrected chi connectivity index (χ2v) is 4.59. The minimum Gasteiger partial charge on any atom is -0.395 e. The van der Waals surface area contributed by atoms with E-state index in [2.05, 4.69) is 5.32 Å². The smallest absolute Gasteiger partial charge is 0.246 e. The molecule has 2 N–H and O–H groups in total. The lowest BCUT2D eigenvalue weighted by molar-refractivity contribution is -0.118. The largest absolute Gasteiger partial charge is 0.395 e. The summed E-state index contributed by atoms with van der Waals surface area (Å²) in [5.41, 5.74) is 0.738. The van der Waals surface area contributed by atoms with Gasteiger partial charge in [0.2, 0.25) is 5.91 Å². The van der Waals surface area contributed by atoms with Crippen LogP contribution in [0.2, 0.25) is 0 Å². The average Bonchev–Trinajstić information content (AvgIpc) is 2.19. The van der Waals surface area contributed by atoms with E-state index in [0.29, 0.717) is 0 Å². The molecule has 2 unspecified atom stereocenters. The molecule has 0 aromatic rings. The predicted molar refractivity (Wildman–Crippen MR) is 66.0 cm³/mol. The highest BCUT2D eigenvalue weighted by atomic mass is 32.2. The molecule has 0 saturated heterocycles. The Bertz CT molecular complexity index is 225. The number of aliphatic hydroxyl groups excluding tert-OH is 1. The molecule has 4 heteroatoms. The molecule has 0 saturated carbocycles. The van der Waals surface area contributed by atoms with Crippen LogP contribution in [-0.2, 0) is 4.79 Å². The Morgan fingerprint density at radius 2 is 2.20 bits per heavy atom. The number of amides is 1. The Hall–Kier alpha value is -0.480. The number of thioether (sulfide) groups is 1. The molecule has 0 aliphatic rings. The highest BCUT2D eigenvalue weighted by molar-refractivity contribution is 7.99. The van der Waals surface area contributed by atoms with Crippen molar-refractivity contribution in [2.24, 2.45) is 0 Å². The Morgan fingerprint density at radius 3 is 2.60 bits per heavy atom. The molecular weight excluding hydrogens is 210 g/mol. The predicted octanol–water partition coefficient (Wildman–Crippen LogP) is 1.57. The minimum atomic E-state index is -0.0446. The van der Waals surface area contributed by atoms with Gasteiger partial charge in [0.05, 0.1) is 6.61 Å². The van der Waals surface area contributed by atoms with Crippen LogP contribution in [0.3, 0.4) is 0 Å². The van der Waals surface area contributed by atoms with Crippen molar-refractivity contribution in [1.29, 1.82) is 0 Å². The summed E-state index contributed by atoms with van der Waals surface area (Å²) in [6, 6.07) is -0.0160. The SMILES string of the molecule is CC/C=C(/C)C(=O)NC(C)C(CO)SC. The number of aliphatic hydroxyl groups is 1. The maximum Gasteiger partial charge on any atom is 0.246 e. The fourth-order valence-corrected chi connectivity index (χ4v) is 1.87. The molecule has 0 radical (unpaired) electrons. The molecular formula is C11H21NO2S. The van der Waals surface area contributed by atoms with Crippen LogP contribution in [0.15, 0.2) is 11.6 Å². The summed E-state index contributed by atoms with van der Waals surface area (Å²) in [4.78, 5) is 11.6. The first-order valence-corrected chi connectivity index (χ1v) is 6.46. The summed E-state index contributed by atoms with van der Waals surface area (Å²) in [6.45, 7) is 5.80. The van der Waals surface area contributed by atoms with Gasteiger partial charge in [0.25, 0.3) is 0 Å². The van der Waals surface area contributed by atoms with Gasteiger partial charge in [-0.25, -0.2) is 0 Å². The van der Waals surface area contributed by atoms with Crippen molar-refractivity contribution in [1.82, 2.24) is 5.32 Å². The molecule has 0 spiro atoms. The molecule has 1 amide bonds. The standard InChI is InChI=1S/C11H21NO2S/c1-5-6-8(2)11(14)12-9(3)10(7-13)15-4/h6,9-10,13H,5,7H2,1-4H3,(H,12,14)/b8-6-. The molecule has 0 fully saturated rings. The summed E-state index contributed by atoms with van der Waals surface area (Å²) < 4.78 is 0. The number of carbonyl (C=O) groups excluding carboxylic acids is 1. The first-order valence-electron chi connectivity index (χ1n) is 5.18. The molecule has 2 atom stereocenters. The Morgan fingerprint density at radius 1 is 1.60 bits per heavy atom. The van der Waals surface area contributed by atoms with E-state index in [9.17, 15) is 4.79 Å². The number of hydrogen-bond acceptors (Lipinski definition) is 3. The van der Waals surface area contributed by atoms with Crippen LogP contribution >= 0.6 is 11.8 Å². The third kappa shape index (κ3) is 5.23. The van der Waals surface area contributed by atoms with Gasteiger partial charge in [-0.2, -0.15) is 11.8 Å². The van der Waals surface area contributed by atoms with Gasteiger partial charge in [0.15, 0.2) is 0 Å². The van der Waals surface area contributed by atoms with E-state index in [4.69, 9.17) is 5.11 Å². The average molecular weight is 231 g/mol. The summed E-state index contributed by atoms with van der Waals surface area (Å²) in [6.07, 6.45) is 4.69. The molecule has 0 aromatic carbocycles. The zero-order chi connectivity index (χ0) is 11.8. The Kier molecular flexibility index (Phi) is 7.52. The lowest BCUT2D eigenvalue weighted by Crippen LogP contribution is -2.41. The van der Waals surface area contributed by atoms with Crippen LogP contribution in [-0.4, -0.2) is 35.2 Å². The van der Waals surface area contributed by atoms with Gasteiger partial charge in [-0.1, -0.05) is 13.0 Å². The fourth-order valence-electron chi connectivity index (χ4n) is 1.25. The molecule has 0 bridgehead atoms. The van der Waals surface area contributed by atoms with Crippen LogP contribution in [0, 0.1) is 0 Å². The van der Waals surface area contributed by atoms with Crippen molar-refractivity contribution in [3.8, 4) is 0 Å². The van der Waals surface area contributed by atoms with Crippen molar-refractivity contribution >= 4 is 17.7 Å². The Labute approximate surface area is 96.3 Å². The maximum atomic E-state index is 11.6. The van der Waals surface area contributed by atoms with Gasteiger partial charge in [-0.05, 0) is 26.5 Å². The minimum absolute atomic E-state index is 0.0160. The number of allylic oxidation sites excluding steroid dienone is 1. The first kappa shape index (κ1) is 14.5. The monoisotopic (exact) mass is 231 g/mol. The molecule has 88 valence electrons. The van der Waals surface area contributed by atoms with E-state index in [1.54, 1.807) is 18.7 Å². The first-order chi connectivity index (χ1) is 7.06. The van der Waals surface area contributed by atoms with Gasteiger partial charge in [-0.3, -0.25) is 4.79 Å². The summed E-state index contributed by atoms with van der Waals surface area (Å²) >= 11 is 1.56.